The van der Waals surface area contributed by atoms with E-state index in [0.717, 1.165) is 17.9 Å². The molecule has 1 saturated carbocycles. The highest BCUT2D eigenvalue weighted by Crippen LogP contribution is 2.54. The van der Waals surface area contributed by atoms with Gasteiger partial charge in [-0.05, 0) is 65.5 Å². The first-order valence-corrected chi connectivity index (χ1v) is 10.5. The monoisotopic (exact) mass is 362 g/mol. The van der Waals surface area contributed by atoms with E-state index in [4.69, 9.17) is 11.6 Å². The second kappa shape index (κ2) is 6.20. The average Bonchev–Trinajstić information content (AvgIpc) is 2.83. The topological polar surface area (TPSA) is 34.1 Å². The van der Waals surface area contributed by atoms with Crippen molar-refractivity contribution < 1.29 is 8.42 Å². The van der Waals surface area contributed by atoms with E-state index >= 15 is 0 Å². The number of rotatable bonds is 3. The van der Waals surface area contributed by atoms with Gasteiger partial charge in [0.15, 0.2) is 9.84 Å². The van der Waals surface area contributed by atoms with Gasteiger partial charge in [0.1, 0.15) is 0 Å². The number of sulfone groups is 1. The fraction of sp³-hybridized carbons (Fsp3) is 0.400. The smallest absolute Gasteiger partial charge is 0.175 e. The van der Waals surface area contributed by atoms with Gasteiger partial charge in [-0.3, -0.25) is 0 Å². The van der Waals surface area contributed by atoms with Crippen LogP contribution >= 0.6 is 11.6 Å². The molecular formula is C20H23ClO2S. The van der Waals surface area contributed by atoms with Gasteiger partial charge in [-0.25, -0.2) is 8.42 Å². The van der Waals surface area contributed by atoms with Crippen molar-refractivity contribution in [3.05, 3.63) is 64.7 Å². The van der Waals surface area contributed by atoms with Crippen molar-refractivity contribution in [3.8, 4) is 0 Å². The van der Waals surface area contributed by atoms with E-state index < -0.39 is 9.84 Å². The standard InChI is InChI=1S/C20H23ClO2S/c1-20(2)12-18(14-4-8-16(21)9-5-14)19(13-20)15-6-10-17(11-7-15)24(3,22)23/h4-11,18-19H,12-13H2,1-3H3. The highest BCUT2D eigenvalue weighted by molar-refractivity contribution is 7.90. The van der Waals surface area contributed by atoms with Gasteiger partial charge in [0, 0.05) is 11.3 Å². The summed E-state index contributed by atoms with van der Waals surface area (Å²) in [4.78, 5) is 0.381. The largest absolute Gasteiger partial charge is 0.224 e. The van der Waals surface area contributed by atoms with Crippen molar-refractivity contribution >= 4 is 21.4 Å². The summed E-state index contributed by atoms with van der Waals surface area (Å²) in [6.07, 6.45) is 3.46. The predicted octanol–water partition coefficient (Wildman–Crippen LogP) is 5.43. The van der Waals surface area contributed by atoms with Crippen LogP contribution < -0.4 is 0 Å². The Morgan fingerprint density at radius 1 is 0.875 bits per heavy atom. The zero-order chi connectivity index (χ0) is 17.5. The van der Waals surface area contributed by atoms with Crippen LogP contribution in [0.4, 0.5) is 0 Å². The van der Waals surface area contributed by atoms with E-state index in [0.29, 0.717) is 16.7 Å². The zero-order valence-electron chi connectivity index (χ0n) is 14.3. The van der Waals surface area contributed by atoms with E-state index in [-0.39, 0.29) is 5.41 Å². The minimum absolute atomic E-state index is 0.268. The van der Waals surface area contributed by atoms with Gasteiger partial charge in [-0.1, -0.05) is 49.7 Å². The van der Waals surface area contributed by atoms with Crippen molar-refractivity contribution in [1.29, 1.82) is 0 Å². The van der Waals surface area contributed by atoms with Gasteiger partial charge in [-0.2, -0.15) is 0 Å². The van der Waals surface area contributed by atoms with Crippen LogP contribution in [-0.2, 0) is 9.84 Å². The van der Waals surface area contributed by atoms with Crippen molar-refractivity contribution in [2.75, 3.05) is 6.26 Å². The molecule has 0 aromatic heterocycles. The summed E-state index contributed by atoms with van der Waals surface area (Å²) in [7, 11) is -3.15. The maximum absolute atomic E-state index is 11.7. The van der Waals surface area contributed by atoms with Crippen molar-refractivity contribution in [2.24, 2.45) is 5.41 Å². The Bertz CT molecular complexity index is 821. The van der Waals surface area contributed by atoms with Gasteiger partial charge in [-0.15, -0.1) is 0 Å². The molecule has 0 aliphatic heterocycles. The Morgan fingerprint density at radius 2 is 1.29 bits per heavy atom. The molecule has 0 radical (unpaired) electrons. The Balaban J connectivity index is 1.96. The first-order chi connectivity index (χ1) is 11.2. The van der Waals surface area contributed by atoms with Gasteiger partial charge in [0.05, 0.1) is 4.90 Å². The molecule has 1 aliphatic carbocycles. The number of hydrogen-bond donors (Lipinski definition) is 0. The number of benzene rings is 2. The zero-order valence-corrected chi connectivity index (χ0v) is 15.9. The maximum Gasteiger partial charge on any atom is 0.175 e. The Kier molecular flexibility index (Phi) is 4.52. The molecule has 3 rings (SSSR count). The van der Waals surface area contributed by atoms with Gasteiger partial charge in [0.25, 0.3) is 0 Å². The molecule has 128 valence electrons. The van der Waals surface area contributed by atoms with E-state index in [1.807, 2.05) is 24.3 Å². The Hall–Kier alpha value is -1.32. The molecule has 0 N–H and O–H groups in total. The molecule has 2 aromatic rings. The Morgan fingerprint density at radius 3 is 1.71 bits per heavy atom. The van der Waals surface area contributed by atoms with Crippen LogP contribution in [0.2, 0.25) is 5.02 Å². The van der Waals surface area contributed by atoms with E-state index in [1.165, 1.54) is 17.4 Å². The third-order valence-electron chi connectivity index (χ3n) is 5.07. The summed E-state index contributed by atoms with van der Waals surface area (Å²) >= 11 is 6.03. The molecule has 2 unspecified atom stereocenters. The number of hydrogen-bond acceptors (Lipinski definition) is 2. The van der Waals surface area contributed by atoms with Crippen molar-refractivity contribution in [1.82, 2.24) is 0 Å². The summed E-state index contributed by atoms with van der Waals surface area (Å²) in [5.74, 6) is 0.830. The summed E-state index contributed by atoms with van der Waals surface area (Å²) in [6, 6.07) is 15.6. The van der Waals surface area contributed by atoms with E-state index in [2.05, 4.69) is 26.0 Å². The quantitative estimate of drug-likeness (QED) is 0.729. The molecular weight excluding hydrogens is 340 g/mol. The van der Waals surface area contributed by atoms with Crippen LogP contribution in [-0.4, -0.2) is 14.7 Å². The average molecular weight is 363 g/mol. The first kappa shape index (κ1) is 17.5. The van der Waals surface area contributed by atoms with Gasteiger partial charge >= 0.3 is 0 Å². The highest BCUT2D eigenvalue weighted by Gasteiger charge is 2.40. The molecule has 0 bridgehead atoms. The molecule has 1 aliphatic rings. The second-order valence-electron chi connectivity index (χ2n) is 7.68. The molecule has 2 atom stereocenters. The van der Waals surface area contributed by atoms with Crippen LogP contribution in [0.1, 0.15) is 49.7 Å². The van der Waals surface area contributed by atoms with Crippen LogP contribution in [0.25, 0.3) is 0 Å². The lowest BCUT2D eigenvalue weighted by molar-refractivity contribution is 0.372. The lowest BCUT2D eigenvalue weighted by atomic mass is 9.84. The minimum atomic E-state index is -3.15. The molecule has 0 amide bonds. The molecule has 0 heterocycles. The first-order valence-electron chi connectivity index (χ1n) is 8.21. The molecule has 24 heavy (non-hydrogen) atoms. The molecule has 2 aromatic carbocycles. The lowest BCUT2D eigenvalue weighted by Crippen LogP contribution is -2.05. The predicted molar refractivity (Wildman–Crippen MR) is 99.5 cm³/mol. The van der Waals surface area contributed by atoms with Crippen molar-refractivity contribution in [3.63, 3.8) is 0 Å². The van der Waals surface area contributed by atoms with Crippen LogP contribution in [0.3, 0.4) is 0 Å². The summed E-state index contributed by atoms with van der Waals surface area (Å²) in [6.45, 7) is 4.61. The third kappa shape index (κ3) is 3.68. The minimum Gasteiger partial charge on any atom is -0.224 e. The van der Waals surface area contributed by atoms with E-state index in [1.54, 1.807) is 12.1 Å². The fourth-order valence-electron chi connectivity index (χ4n) is 3.93. The molecule has 4 heteroatoms. The van der Waals surface area contributed by atoms with Crippen LogP contribution in [0, 0.1) is 5.41 Å². The van der Waals surface area contributed by atoms with Crippen LogP contribution in [0.5, 0.6) is 0 Å². The summed E-state index contributed by atoms with van der Waals surface area (Å²) in [5, 5.41) is 0.755. The number of halogens is 1. The molecule has 2 nitrogen and oxygen atoms in total. The molecule has 0 spiro atoms. The molecule has 1 fully saturated rings. The highest BCUT2D eigenvalue weighted by atomic mass is 35.5. The van der Waals surface area contributed by atoms with Gasteiger partial charge < -0.3 is 0 Å². The Labute approximate surface area is 149 Å². The normalized spacial score (nSPS) is 23.3. The van der Waals surface area contributed by atoms with E-state index in [9.17, 15) is 8.42 Å². The maximum atomic E-state index is 11.7. The molecule has 0 saturated heterocycles. The fourth-order valence-corrected chi connectivity index (χ4v) is 4.69. The summed E-state index contributed by atoms with van der Waals surface area (Å²) < 4.78 is 23.3. The van der Waals surface area contributed by atoms with Crippen LogP contribution in [0.15, 0.2) is 53.4 Å². The van der Waals surface area contributed by atoms with Gasteiger partial charge in [0.2, 0.25) is 0 Å². The van der Waals surface area contributed by atoms with Crippen molar-refractivity contribution in [2.45, 2.75) is 43.4 Å². The second-order valence-corrected chi connectivity index (χ2v) is 10.1. The SMILES string of the molecule is CC1(C)CC(c2ccc(Cl)cc2)C(c2ccc(S(C)(=O)=O)cc2)C1. The lowest BCUT2D eigenvalue weighted by Gasteiger charge is -2.21. The summed E-state index contributed by atoms with van der Waals surface area (Å²) in [5.41, 5.74) is 2.79. The third-order valence-corrected chi connectivity index (χ3v) is 6.45.